The number of esters is 2. The second-order valence-corrected chi connectivity index (χ2v) is 2.99. The van der Waals surface area contributed by atoms with E-state index in [4.69, 9.17) is 22.0 Å². The summed E-state index contributed by atoms with van der Waals surface area (Å²) in [6, 6.07) is 1.89. The maximum atomic E-state index is 11.1. The van der Waals surface area contributed by atoms with Gasteiger partial charge in [-0.05, 0) is 6.92 Å². The fraction of sp³-hybridized carbons (Fsp3) is 0.500. The van der Waals surface area contributed by atoms with Crippen LogP contribution in [0.1, 0.15) is 13.3 Å². The van der Waals surface area contributed by atoms with Crippen molar-refractivity contribution in [2.75, 3.05) is 0 Å². The maximum absolute atomic E-state index is 11.1. The smallest absolute Gasteiger partial charge is 0.348 e. The Morgan fingerprint density at radius 1 is 1.53 bits per heavy atom. The third-order valence-electron chi connectivity index (χ3n) is 1.46. The number of rotatable bonds is 3. The van der Waals surface area contributed by atoms with Crippen LogP contribution >= 0.6 is 0 Å². The predicted molar refractivity (Wildman–Crippen MR) is 47.5 cm³/mol. The first-order valence-electron chi connectivity index (χ1n) is 3.94. The van der Waals surface area contributed by atoms with Gasteiger partial charge in [0.25, 0.3) is 0 Å². The molecule has 0 saturated carbocycles. The van der Waals surface area contributed by atoms with Crippen molar-refractivity contribution in [1.29, 1.82) is 10.5 Å². The summed E-state index contributed by atoms with van der Waals surface area (Å²) in [5.41, 5.74) is 8.48. The van der Waals surface area contributed by atoms with Crippen LogP contribution in [0.2, 0.25) is 0 Å². The average molecular weight is 210 g/mol. The van der Waals surface area contributed by atoms with E-state index in [1.807, 2.05) is 0 Å². The van der Waals surface area contributed by atoms with E-state index in [-0.39, 0.29) is 6.42 Å². The summed E-state index contributed by atoms with van der Waals surface area (Å²) in [5, 5.41) is 16.7. The van der Waals surface area contributed by atoms with Gasteiger partial charge in [-0.25, -0.2) is 9.59 Å². The molecule has 0 fully saturated rings. The van der Waals surface area contributed by atoms with Gasteiger partial charge in [0.15, 0.2) is 5.54 Å². The van der Waals surface area contributed by atoms with Gasteiger partial charge in [0, 0.05) is 0 Å². The molecule has 0 aliphatic heterocycles. The Kier molecular flexibility index (Phi) is 4.39. The van der Waals surface area contributed by atoms with Crippen LogP contribution in [-0.2, 0) is 14.3 Å². The number of nitriles is 2. The van der Waals surface area contributed by atoms with Crippen molar-refractivity contribution in [3.8, 4) is 12.1 Å². The van der Waals surface area contributed by atoms with Gasteiger partial charge in [-0.1, -0.05) is 0 Å². The Morgan fingerprint density at radius 2 is 2.07 bits per heavy atom. The van der Waals surface area contributed by atoms with Crippen molar-refractivity contribution >= 4 is 11.9 Å². The number of hydrogen-bond donors (Lipinski definition) is 2. The number of carbonyl (C=O) groups excluding carboxylic acids is 2. The summed E-state index contributed by atoms with van der Waals surface area (Å²) in [4.78, 5) is 22.1. The Balaban J connectivity index is 4.40. The number of hydrogen-bond acceptors (Lipinski definition) is 7. The summed E-state index contributed by atoms with van der Waals surface area (Å²) >= 11 is 0. The quantitative estimate of drug-likeness (QED) is 0.427. The van der Waals surface area contributed by atoms with E-state index in [1.165, 1.54) is 6.07 Å². The second-order valence-electron chi connectivity index (χ2n) is 2.99. The minimum Gasteiger partial charge on any atom is -0.390 e. The molecule has 0 spiro atoms. The van der Waals surface area contributed by atoms with Crippen LogP contribution in [0.15, 0.2) is 0 Å². The highest BCUT2D eigenvalue weighted by Gasteiger charge is 2.33. The molecular formula is C8H10N4O3. The Hall–Kier alpha value is -1.96. The zero-order chi connectivity index (χ0) is 12.1. The lowest BCUT2D eigenvalue weighted by atomic mass is 10.1. The molecule has 0 aliphatic rings. The molecule has 2 atom stereocenters. The fourth-order valence-electron chi connectivity index (χ4n) is 0.500. The van der Waals surface area contributed by atoms with Crippen molar-refractivity contribution < 1.29 is 14.3 Å². The second kappa shape index (κ2) is 5.05. The largest absolute Gasteiger partial charge is 0.390 e. The molecule has 0 aromatic carbocycles. The van der Waals surface area contributed by atoms with E-state index in [1.54, 1.807) is 6.07 Å². The lowest BCUT2D eigenvalue weighted by molar-refractivity contribution is -0.162. The summed E-state index contributed by atoms with van der Waals surface area (Å²) in [5.74, 6) is -2.27. The number of ether oxygens (including phenoxy) is 1. The SMILES string of the molecule is C[C@@](N)(C#N)C(=O)OC(=O)[C@@H](N)CC#N. The third-order valence-corrected chi connectivity index (χ3v) is 1.46. The zero-order valence-electron chi connectivity index (χ0n) is 8.06. The van der Waals surface area contributed by atoms with Crippen molar-refractivity contribution in [2.45, 2.75) is 24.9 Å². The molecule has 0 amide bonds. The molecule has 0 radical (unpaired) electrons. The number of nitrogens with two attached hydrogens (primary N) is 2. The van der Waals surface area contributed by atoms with Crippen LogP contribution in [0, 0.1) is 22.7 Å². The number of carbonyl (C=O) groups is 2. The number of nitrogens with zero attached hydrogens (tertiary/aromatic N) is 2. The molecule has 0 heterocycles. The van der Waals surface area contributed by atoms with Crippen LogP contribution in [-0.4, -0.2) is 23.5 Å². The van der Waals surface area contributed by atoms with Crippen molar-refractivity contribution in [3.63, 3.8) is 0 Å². The van der Waals surface area contributed by atoms with Gasteiger partial charge >= 0.3 is 11.9 Å². The first kappa shape index (κ1) is 13.0. The molecule has 15 heavy (non-hydrogen) atoms. The molecule has 0 bridgehead atoms. The topological polar surface area (TPSA) is 143 Å². The Morgan fingerprint density at radius 3 is 2.47 bits per heavy atom. The Bertz CT molecular complexity index is 350. The standard InChI is InChI=1S/C8H10N4O3/c1-8(12,4-10)7(14)15-6(13)5(11)2-3-9/h5H,2,11-12H2,1H3/t5-,8+/m0/s1. The lowest BCUT2D eigenvalue weighted by Crippen LogP contribution is -2.47. The highest BCUT2D eigenvalue weighted by Crippen LogP contribution is 2.02. The molecule has 80 valence electrons. The molecule has 7 nitrogen and oxygen atoms in total. The van der Waals surface area contributed by atoms with Gasteiger partial charge in [-0.2, -0.15) is 10.5 Å². The van der Waals surface area contributed by atoms with Crippen LogP contribution in [0.25, 0.3) is 0 Å². The third kappa shape index (κ3) is 3.73. The first-order chi connectivity index (χ1) is 6.85. The summed E-state index contributed by atoms with van der Waals surface area (Å²) in [6.45, 7) is 1.10. The lowest BCUT2D eigenvalue weighted by Gasteiger charge is -2.14. The van der Waals surface area contributed by atoms with Crippen LogP contribution < -0.4 is 11.5 Å². The van der Waals surface area contributed by atoms with Crippen molar-refractivity contribution in [2.24, 2.45) is 11.5 Å². The van der Waals surface area contributed by atoms with Gasteiger partial charge in [-0.3, -0.25) is 0 Å². The molecular weight excluding hydrogens is 200 g/mol. The molecule has 4 N–H and O–H groups in total. The minimum atomic E-state index is -1.90. The highest BCUT2D eigenvalue weighted by atomic mass is 16.6. The van der Waals surface area contributed by atoms with Crippen LogP contribution in [0.4, 0.5) is 0 Å². The van der Waals surface area contributed by atoms with E-state index < -0.39 is 23.5 Å². The summed E-state index contributed by atoms with van der Waals surface area (Å²) in [6.07, 6.45) is -0.278. The van der Waals surface area contributed by atoms with Gasteiger partial charge in [-0.15, -0.1) is 0 Å². The molecule has 0 saturated heterocycles. The molecule has 0 aliphatic carbocycles. The van der Waals surface area contributed by atoms with Crippen LogP contribution in [0.3, 0.4) is 0 Å². The van der Waals surface area contributed by atoms with E-state index in [0.717, 1.165) is 6.92 Å². The summed E-state index contributed by atoms with van der Waals surface area (Å²) < 4.78 is 4.22. The van der Waals surface area contributed by atoms with Crippen molar-refractivity contribution in [1.82, 2.24) is 0 Å². The highest BCUT2D eigenvalue weighted by molar-refractivity contribution is 5.94. The average Bonchev–Trinajstić information content (AvgIpc) is 2.17. The normalized spacial score (nSPS) is 15.3. The predicted octanol–water partition coefficient (Wildman–Crippen LogP) is -1.46. The van der Waals surface area contributed by atoms with Crippen LogP contribution in [0.5, 0.6) is 0 Å². The minimum absolute atomic E-state index is 0.278. The molecule has 0 unspecified atom stereocenters. The molecule has 0 aromatic rings. The van der Waals surface area contributed by atoms with Gasteiger partial charge in [0.2, 0.25) is 0 Å². The van der Waals surface area contributed by atoms with Crippen molar-refractivity contribution in [3.05, 3.63) is 0 Å². The van der Waals surface area contributed by atoms with Gasteiger partial charge in [0.1, 0.15) is 6.04 Å². The molecule has 7 heteroatoms. The monoisotopic (exact) mass is 210 g/mol. The Labute approximate surface area is 86.2 Å². The molecule has 0 rings (SSSR count). The van der Waals surface area contributed by atoms with E-state index in [0.29, 0.717) is 0 Å². The zero-order valence-corrected chi connectivity index (χ0v) is 8.06. The first-order valence-corrected chi connectivity index (χ1v) is 3.94. The maximum Gasteiger partial charge on any atom is 0.348 e. The van der Waals surface area contributed by atoms with Gasteiger partial charge in [0.05, 0.1) is 18.6 Å². The van der Waals surface area contributed by atoms with Gasteiger partial charge < -0.3 is 16.2 Å². The van der Waals surface area contributed by atoms with E-state index >= 15 is 0 Å². The molecule has 0 aromatic heterocycles. The fourth-order valence-corrected chi connectivity index (χ4v) is 0.500. The summed E-state index contributed by atoms with van der Waals surface area (Å²) in [7, 11) is 0. The van der Waals surface area contributed by atoms with E-state index in [9.17, 15) is 9.59 Å². The van der Waals surface area contributed by atoms with E-state index in [2.05, 4.69) is 4.74 Å².